The van der Waals surface area contributed by atoms with Gasteiger partial charge in [-0.15, -0.1) is 0 Å². The largest absolute Gasteiger partial charge is 0.416 e. The maximum absolute atomic E-state index is 12.7. The Hall–Kier alpha value is -1.98. The van der Waals surface area contributed by atoms with Gasteiger partial charge in [-0.25, -0.2) is 0 Å². The SMILES string of the molecule is O=c1cc(C2CC2)n(-c2cccc(C(F)(F)F)c2)[nH]1. The lowest BCUT2D eigenvalue weighted by molar-refractivity contribution is -0.137. The van der Waals surface area contributed by atoms with Crippen LogP contribution >= 0.6 is 0 Å². The molecule has 1 aliphatic carbocycles. The standard InChI is InChI=1S/C13H11F3N2O/c14-13(15,16)9-2-1-3-10(6-9)18-11(8-4-5-8)7-12(19)17-18/h1-3,6-8H,4-5H2,(H,17,19). The predicted octanol–water partition coefficient (Wildman–Crippen LogP) is 3.06. The summed E-state index contributed by atoms with van der Waals surface area (Å²) in [5.74, 6) is 0.272. The zero-order valence-electron chi connectivity index (χ0n) is 9.87. The Balaban J connectivity index is 2.09. The van der Waals surface area contributed by atoms with Gasteiger partial charge >= 0.3 is 6.18 Å². The van der Waals surface area contributed by atoms with Gasteiger partial charge in [0.05, 0.1) is 11.3 Å². The Morgan fingerprint density at radius 1 is 1.21 bits per heavy atom. The molecule has 2 aromatic rings. The second-order valence-corrected chi connectivity index (χ2v) is 4.70. The molecule has 0 saturated heterocycles. The Morgan fingerprint density at radius 2 is 1.95 bits per heavy atom. The molecule has 0 aliphatic heterocycles. The summed E-state index contributed by atoms with van der Waals surface area (Å²) in [5.41, 5.74) is 0.0729. The second kappa shape index (κ2) is 4.01. The lowest BCUT2D eigenvalue weighted by Crippen LogP contribution is -2.09. The van der Waals surface area contributed by atoms with Crippen LogP contribution in [-0.2, 0) is 6.18 Å². The smallest absolute Gasteiger partial charge is 0.268 e. The molecule has 1 fully saturated rings. The van der Waals surface area contributed by atoms with Gasteiger partial charge in [0.25, 0.3) is 5.56 Å². The highest BCUT2D eigenvalue weighted by Gasteiger charge is 2.32. The Morgan fingerprint density at radius 3 is 2.58 bits per heavy atom. The van der Waals surface area contributed by atoms with Gasteiger partial charge in [0.1, 0.15) is 0 Å². The fourth-order valence-corrected chi connectivity index (χ4v) is 2.12. The minimum atomic E-state index is -4.39. The third kappa shape index (κ3) is 2.30. The summed E-state index contributed by atoms with van der Waals surface area (Å²) >= 11 is 0. The Labute approximate surface area is 106 Å². The third-order valence-corrected chi connectivity index (χ3v) is 3.19. The molecule has 1 heterocycles. The Kier molecular flexibility index (Phi) is 2.55. The van der Waals surface area contributed by atoms with Crippen molar-refractivity contribution in [1.82, 2.24) is 9.78 Å². The molecule has 19 heavy (non-hydrogen) atoms. The molecule has 0 radical (unpaired) electrons. The number of hydrogen-bond donors (Lipinski definition) is 1. The number of hydrogen-bond acceptors (Lipinski definition) is 1. The summed E-state index contributed by atoms with van der Waals surface area (Å²) in [7, 11) is 0. The van der Waals surface area contributed by atoms with Crippen molar-refractivity contribution in [3.8, 4) is 5.69 Å². The average Bonchev–Trinajstić information content (AvgIpc) is 3.12. The monoisotopic (exact) mass is 268 g/mol. The maximum Gasteiger partial charge on any atom is 0.416 e. The van der Waals surface area contributed by atoms with Crippen LogP contribution in [0.25, 0.3) is 5.69 Å². The van der Waals surface area contributed by atoms with E-state index >= 15 is 0 Å². The van der Waals surface area contributed by atoms with Crippen LogP contribution < -0.4 is 5.56 Å². The van der Waals surface area contributed by atoms with Gasteiger partial charge in [-0.2, -0.15) is 13.2 Å². The first kappa shape index (κ1) is 12.1. The number of rotatable bonds is 2. The van der Waals surface area contributed by atoms with Crippen molar-refractivity contribution in [3.63, 3.8) is 0 Å². The van der Waals surface area contributed by atoms with Crippen LogP contribution in [0.2, 0.25) is 0 Å². The van der Waals surface area contributed by atoms with Crippen LogP contribution in [0.3, 0.4) is 0 Å². The van der Waals surface area contributed by atoms with Crippen LogP contribution in [0, 0.1) is 0 Å². The van der Waals surface area contributed by atoms with Gasteiger partial charge in [0.15, 0.2) is 0 Å². The van der Waals surface area contributed by atoms with E-state index in [4.69, 9.17) is 0 Å². The number of halogens is 3. The van der Waals surface area contributed by atoms with Gasteiger partial charge < -0.3 is 0 Å². The molecule has 0 bridgehead atoms. The van der Waals surface area contributed by atoms with Crippen molar-refractivity contribution < 1.29 is 13.2 Å². The lowest BCUT2D eigenvalue weighted by atomic mass is 10.2. The summed E-state index contributed by atoms with van der Waals surface area (Å²) < 4.78 is 39.5. The topological polar surface area (TPSA) is 37.8 Å². The summed E-state index contributed by atoms with van der Waals surface area (Å²) in [6, 6.07) is 6.41. The van der Waals surface area contributed by atoms with Crippen molar-refractivity contribution in [2.24, 2.45) is 0 Å². The van der Waals surface area contributed by atoms with E-state index in [1.54, 1.807) is 6.07 Å². The maximum atomic E-state index is 12.7. The molecule has 1 aliphatic rings. The van der Waals surface area contributed by atoms with E-state index in [1.807, 2.05) is 0 Å². The molecule has 0 amide bonds. The van der Waals surface area contributed by atoms with E-state index in [0.717, 1.165) is 30.7 Å². The molecule has 1 N–H and O–H groups in total. The fourth-order valence-electron chi connectivity index (χ4n) is 2.12. The number of aromatic amines is 1. The molecular formula is C13H11F3N2O. The highest BCUT2D eigenvalue weighted by atomic mass is 19.4. The molecule has 0 atom stereocenters. The minimum Gasteiger partial charge on any atom is -0.268 e. The van der Waals surface area contributed by atoms with Gasteiger partial charge in [0, 0.05) is 17.7 Å². The van der Waals surface area contributed by atoms with Gasteiger partial charge in [0.2, 0.25) is 0 Å². The minimum absolute atomic E-state index is 0.272. The zero-order valence-corrected chi connectivity index (χ0v) is 9.87. The predicted molar refractivity (Wildman–Crippen MR) is 63.4 cm³/mol. The molecule has 0 unspecified atom stereocenters. The van der Waals surface area contributed by atoms with E-state index in [1.165, 1.54) is 16.8 Å². The fraction of sp³-hybridized carbons (Fsp3) is 0.308. The van der Waals surface area contributed by atoms with Crippen LogP contribution in [0.4, 0.5) is 13.2 Å². The van der Waals surface area contributed by atoms with Crippen molar-refractivity contribution in [2.45, 2.75) is 24.9 Å². The van der Waals surface area contributed by atoms with Crippen molar-refractivity contribution in [1.29, 1.82) is 0 Å². The van der Waals surface area contributed by atoms with E-state index in [9.17, 15) is 18.0 Å². The Bertz CT molecular complexity index is 665. The molecule has 3 nitrogen and oxygen atoms in total. The highest BCUT2D eigenvalue weighted by molar-refractivity contribution is 5.38. The molecule has 1 aromatic carbocycles. The summed E-state index contributed by atoms with van der Waals surface area (Å²) in [6.45, 7) is 0. The summed E-state index contributed by atoms with van der Waals surface area (Å²) in [6.07, 6.45) is -2.45. The first-order valence-electron chi connectivity index (χ1n) is 5.95. The van der Waals surface area contributed by atoms with Crippen LogP contribution in [0.5, 0.6) is 0 Å². The van der Waals surface area contributed by atoms with Crippen LogP contribution in [-0.4, -0.2) is 9.78 Å². The summed E-state index contributed by atoms with van der Waals surface area (Å²) in [4.78, 5) is 11.4. The number of H-pyrrole nitrogens is 1. The third-order valence-electron chi connectivity index (χ3n) is 3.19. The van der Waals surface area contributed by atoms with Gasteiger partial charge in [-0.3, -0.25) is 14.6 Å². The van der Waals surface area contributed by atoms with E-state index < -0.39 is 11.7 Å². The molecule has 0 spiro atoms. The van der Waals surface area contributed by atoms with Crippen molar-refractivity contribution >= 4 is 0 Å². The van der Waals surface area contributed by atoms with E-state index in [0.29, 0.717) is 5.69 Å². The average molecular weight is 268 g/mol. The molecule has 6 heteroatoms. The van der Waals surface area contributed by atoms with Crippen LogP contribution in [0.1, 0.15) is 30.0 Å². The van der Waals surface area contributed by atoms with Crippen molar-refractivity contribution in [3.05, 3.63) is 51.9 Å². The molecule has 3 rings (SSSR count). The number of nitrogens with one attached hydrogen (secondary N) is 1. The summed E-state index contributed by atoms with van der Waals surface area (Å²) in [5, 5.41) is 2.55. The quantitative estimate of drug-likeness (QED) is 0.893. The molecule has 1 aromatic heterocycles. The number of nitrogens with zero attached hydrogens (tertiary/aromatic N) is 1. The van der Waals surface area contributed by atoms with Gasteiger partial charge in [-0.05, 0) is 31.0 Å². The van der Waals surface area contributed by atoms with E-state index in [2.05, 4.69) is 5.10 Å². The second-order valence-electron chi connectivity index (χ2n) is 4.70. The first-order valence-corrected chi connectivity index (χ1v) is 5.95. The number of aromatic nitrogens is 2. The number of alkyl halides is 3. The number of benzene rings is 1. The molecule has 100 valence electrons. The molecular weight excluding hydrogens is 257 g/mol. The first-order chi connectivity index (χ1) is 8.95. The van der Waals surface area contributed by atoms with Gasteiger partial charge in [-0.1, -0.05) is 6.07 Å². The van der Waals surface area contributed by atoms with E-state index in [-0.39, 0.29) is 11.5 Å². The highest BCUT2D eigenvalue weighted by Crippen LogP contribution is 2.40. The van der Waals surface area contributed by atoms with Crippen molar-refractivity contribution in [2.75, 3.05) is 0 Å². The zero-order chi connectivity index (χ0) is 13.6. The van der Waals surface area contributed by atoms with Crippen LogP contribution in [0.15, 0.2) is 35.1 Å². The lowest BCUT2D eigenvalue weighted by Gasteiger charge is -2.11. The normalized spacial score (nSPS) is 15.7. The molecule has 1 saturated carbocycles.